The minimum absolute atomic E-state index is 0.0769. The van der Waals surface area contributed by atoms with Gasteiger partial charge in [0.15, 0.2) is 17.4 Å². The number of urea groups is 1. The first-order valence-electron chi connectivity index (χ1n) is 9.75. The van der Waals surface area contributed by atoms with E-state index < -0.39 is 23.2 Å². The molecule has 0 aliphatic carbocycles. The number of nitrogens with one attached hydrogen (secondary N) is 1. The van der Waals surface area contributed by atoms with Crippen LogP contribution in [0.5, 0.6) is 5.75 Å². The van der Waals surface area contributed by atoms with Crippen molar-refractivity contribution in [2.45, 2.75) is 13.5 Å². The van der Waals surface area contributed by atoms with Gasteiger partial charge in [-0.1, -0.05) is 0 Å². The van der Waals surface area contributed by atoms with Crippen LogP contribution in [0.15, 0.2) is 11.4 Å². The van der Waals surface area contributed by atoms with Crippen LogP contribution >= 0.6 is 22.7 Å². The fourth-order valence-corrected chi connectivity index (χ4v) is 5.14. The second-order valence-corrected chi connectivity index (χ2v) is 9.33. The monoisotopic (exact) mass is 483 g/mol. The standard InChI is InChI=1S/C20H20F3N5O2S2/c1-10-18(32-14(25-10)8-24-20(30)28-5-3-27(2)4-6-28)13-9-31-19(26-13)11-7-12(21)17(29)16(23)15(11)22/h7,9,29H,3-6,8H2,1-2H3,(H,24,30). The van der Waals surface area contributed by atoms with E-state index in [2.05, 4.69) is 20.2 Å². The molecular weight excluding hydrogens is 463 g/mol. The van der Waals surface area contributed by atoms with Gasteiger partial charge in [-0.25, -0.2) is 23.5 Å². The third-order valence-corrected chi connectivity index (χ3v) is 7.18. The highest BCUT2D eigenvalue weighted by atomic mass is 32.1. The number of phenols is 1. The van der Waals surface area contributed by atoms with E-state index in [4.69, 9.17) is 0 Å². The number of likely N-dealkylation sites (N-methyl/N-ethyl adjacent to an activating group) is 1. The Hall–Kier alpha value is -2.70. The van der Waals surface area contributed by atoms with Gasteiger partial charge in [-0.3, -0.25) is 0 Å². The Kier molecular flexibility index (Phi) is 6.35. The fraction of sp³-hybridized carbons (Fsp3) is 0.350. The number of carbonyl (C=O) groups excluding carboxylic acids is 1. The van der Waals surface area contributed by atoms with Gasteiger partial charge in [-0.05, 0) is 20.0 Å². The van der Waals surface area contributed by atoms with Crippen LogP contribution < -0.4 is 5.32 Å². The molecular formula is C20H20F3N5O2S2. The summed E-state index contributed by atoms with van der Waals surface area (Å²) in [6, 6.07) is 0.574. The topological polar surface area (TPSA) is 81.6 Å². The van der Waals surface area contributed by atoms with Crippen molar-refractivity contribution in [2.75, 3.05) is 33.2 Å². The predicted molar refractivity (Wildman–Crippen MR) is 116 cm³/mol. The molecule has 7 nitrogen and oxygen atoms in total. The summed E-state index contributed by atoms with van der Waals surface area (Å²) in [4.78, 5) is 25.8. The number of benzene rings is 1. The third-order valence-electron chi connectivity index (χ3n) is 5.12. The van der Waals surface area contributed by atoms with Gasteiger partial charge in [0.2, 0.25) is 5.82 Å². The van der Waals surface area contributed by atoms with Crippen molar-refractivity contribution >= 4 is 28.7 Å². The van der Waals surface area contributed by atoms with Crippen LogP contribution in [0, 0.1) is 24.4 Å². The molecule has 2 aromatic heterocycles. The lowest BCUT2D eigenvalue weighted by atomic mass is 10.2. The van der Waals surface area contributed by atoms with E-state index in [9.17, 15) is 23.1 Å². The lowest BCUT2D eigenvalue weighted by Crippen LogP contribution is -2.50. The molecule has 0 atom stereocenters. The molecule has 1 aliphatic rings. The van der Waals surface area contributed by atoms with E-state index in [0.717, 1.165) is 35.4 Å². The molecule has 12 heteroatoms. The predicted octanol–water partition coefficient (Wildman–Crippen LogP) is 3.82. The summed E-state index contributed by atoms with van der Waals surface area (Å²) in [7, 11) is 2.02. The summed E-state index contributed by atoms with van der Waals surface area (Å²) in [5.41, 5.74) is 0.806. The van der Waals surface area contributed by atoms with E-state index in [-0.39, 0.29) is 23.1 Å². The molecule has 4 rings (SSSR count). The number of aryl methyl sites for hydroxylation is 1. The Morgan fingerprint density at radius 2 is 1.91 bits per heavy atom. The van der Waals surface area contributed by atoms with Crippen molar-refractivity contribution < 1.29 is 23.1 Å². The smallest absolute Gasteiger partial charge is 0.317 e. The van der Waals surface area contributed by atoms with Gasteiger partial charge in [-0.2, -0.15) is 4.39 Å². The molecule has 2 amide bonds. The highest BCUT2D eigenvalue weighted by Crippen LogP contribution is 2.37. The number of rotatable bonds is 4. The lowest BCUT2D eigenvalue weighted by Gasteiger charge is -2.32. The molecule has 0 bridgehead atoms. The number of nitrogens with zero attached hydrogens (tertiary/aromatic N) is 4. The quantitative estimate of drug-likeness (QED) is 0.552. The molecule has 1 fully saturated rings. The Bertz CT molecular complexity index is 1160. The zero-order valence-corrected chi connectivity index (χ0v) is 18.9. The maximum atomic E-state index is 14.2. The van der Waals surface area contributed by atoms with Gasteiger partial charge >= 0.3 is 6.03 Å². The number of hydrogen-bond donors (Lipinski definition) is 2. The number of aromatic nitrogens is 2. The average Bonchev–Trinajstić information content (AvgIpc) is 3.40. The first-order chi connectivity index (χ1) is 15.2. The normalized spacial score (nSPS) is 14.7. The van der Waals surface area contributed by atoms with Gasteiger partial charge in [-0.15, -0.1) is 22.7 Å². The molecule has 170 valence electrons. The van der Waals surface area contributed by atoms with Crippen LogP contribution in [0.25, 0.3) is 21.1 Å². The molecule has 1 aliphatic heterocycles. The zero-order chi connectivity index (χ0) is 23.0. The van der Waals surface area contributed by atoms with Crippen LogP contribution in [0.1, 0.15) is 10.7 Å². The van der Waals surface area contributed by atoms with Crippen molar-refractivity contribution in [3.05, 3.63) is 39.6 Å². The van der Waals surface area contributed by atoms with Gasteiger partial charge < -0.3 is 20.2 Å². The highest BCUT2D eigenvalue weighted by Gasteiger charge is 2.23. The summed E-state index contributed by atoms with van der Waals surface area (Å²) in [6.45, 7) is 5.04. The number of phenolic OH excluding ortho intramolecular Hbond substituents is 1. The Labute approximate surface area is 190 Å². The number of aromatic hydroxyl groups is 1. The largest absolute Gasteiger partial charge is 0.503 e. The van der Waals surface area contributed by atoms with Crippen molar-refractivity contribution in [3.63, 3.8) is 0 Å². The highest BCUT2D eigenvalue weighted by molar-refractivity contribution is 7.16. The SMILES string of the molecule is Cc1nc(CNC(=O)N2CCN(C)CC2)sc1-c1csc(-c2cc(F)c(O)c(F)c2F)n1. The number of carbonyl (C=O) groups is 1. The maximum Gasteiger partial charge on any atom is 0.317 e. The second kappa shape index (κ2) is 9.04. The van der Waals surface area contributed by atoms with Crippen LogP contribution in [0.4, 0.5) is 18.0 Å². The first-order valence-corrected chi connectivity index (χ1v) is 11.4. The summed E-state index contributed by atoms with van der Waals surface area (Å²) in [5, 5.41) is 14.5. The van der Waals surface area contributed by atoms with E-state index in [1.54, 1.807) is 17.2 Å². The first kappa shape index (κ1) is 22.5. The van der Waals surface area contributed by atoms with Crippen LogP contribution in [0.2, 0.25) is 0 Å². The Morgan fingerprint density at radius 1 is 1.19 bits per heavy atom. The number of hydrogen-bond acceptors (Lipinski definition) is 7. The number of halogens is 3. The molecule has 3 aromatic rings. The van der Waals surface area contributed by atoms with Crippen LogP contribution in [-0.2, 0) is 6.54 Å². The van der Waals surface area contributed by atoms with Crippen LogP contribution in [-0.4, -0.2) is 64.1 Å². The summed E-state index contributed by atoms with van der Waals surface area (Å²) in [6.07, 6.45) is 0. The van der Waals surface area contributed by atoms with Crippen molar-refractivity contribution in [3.8, 4) is 26.9 Å². The summed E-state index contributed by atoms with van der Waals surface area (Å²) < 4.78 is 41.6. The Morgan fingerprint density at radius 3 is 2.62 bits per heavy atom. The minimum atomic E-state index is -1.65. The van der Waals surface area contributed by atoms with Crippen molar-refractivity contribution in [1.29, 1.82) is 0 Å². The molecule has 0 radical (unpaired) electrons. The molecule has 3 heterocycles. The Balaban J connectivity index is 1.48. The molecule has 2 N–H and O–H groups in total. The number of piperazine rings is 1. The molecule has 0 saturated carbocycles. The molecule has 1 saturated heterocycles. The average molecular weight is 484 g/mol. The zero-order valence-electron chi connectivity index (χ0n) is 17.3. The molecule has 0 unspecified atom stereocenters. The molecule has 32 heavy (non-hydrogen) atoms. The molecule has 0 spiro atoms. The molecule has 1 aromatic carbocycles. The maximum absolute atomic E-state index is 14.2. The van der Waals surface area contributed by atoms with E-state index in [1.807, 2.05) is 7.05 Å². The summed E-state index contributed by atoms with van der Waals surface area (Å²) in [5.74, 6) is -5.63. The lowest BCUT2D eigenvalue weighted by molar-refractivity contribution is 0.154. The van der Waals surface area contributed by atoms with Gasteiger partial charge in [0.05, 0.1) is 28.4 Å². The van der Waals surface area contributed by atoms with E-state index >= 15 is 0 Å². The van der Waals surface area contributed by atoms with Crippen LogP contribution in [0.3, 0.4) is 0 Å². The van der Waals surface area contributed by atoms with E-state index in [1.165, 1.54) is 11.3 Å². The number of thiazole rings is 2. The third kappa shape index (κ3) is 4.43. The van der Waals surface area contributed by atoms with Crippen molar-refractivity contribution in [1.82, 2.24) is 25.1 Å². The fourth-order valence-electron chi connectivity index (χ4n) is 3.28. The summed E-state index contributed by atoms with van der Waals surface area (Å²) >= 11 is 2.36. The second-order valence-electron chi connectivity index (χ2n) is 7.39. The van der Waals surface area contributed by atoms with Gasteiger partial charge in [0.25, 0.3) is 0 Å². The number of amides is 2. The van der Waals surface area contributed by atoms with Gasteiger partial charge in [0, 0.05) is 31.6 Å². The van der Waals surface area contributed by atoms with Gasteiger partial charge in [0.1, 0.15) is 10.0 Å². The van der Waals surface area contributed by atoms with Crippen molar-refractivity contribution in [2.24, 2.45) is 0 Å². The van der Waals surface area contributed by atoms with E-state index in [0.29, 0.717) is 29.5 Å². The minimum Gasteiger partial charge on any atom is -0.503 e.